The Labute approximate surface area is 162 Å². The Bertz CT molecular complexity index is 767. The van der Waals surface area contributed by atoms with Crippen LogP contribution in [0.25, 0.3) is 0 Å². The molecule has 9 heteroatoms. The second kappa shape index (κ2) is 7.18. The van der Waals surface area contributed by atoms with Crippen LogP contribution in [-0.4, -0.2) is 53.6 Å². The first-order valence-corrected chi connectivity index (χ1v) is 9.26. The van der Waals surface area contributed by atoms with Gasteiger partial charge in [-0.3, -0.25) is 4.79 Å². The summed E-state index contributed by atoms with van der Waals surface area (Å²) in [5, 5.41) is 11.9. The average Bonchev–Trinajstić information content (AvgIpc) is 3.38. The van der Waals surface area contributed by atoms with Gasteiger partial charge in [0.25, 0.3) is 11.8 Å². The molecule has 7 nitrogen and oxygen atoms in total. The average molecular weight is 397 g/mol. The van der Waals surface area contributed by atoms with Crippen LogP contribution in [0.1, 0.15) is 44.1 Å². The molecule has 2 heterocycles. The number of carbonyl (C=O) groups excluding carboxylic acids is 1. The number of anilines is 1. The first kappa shape index (κ1) is 20.3. The molecule has 0 unspecified atom stereocenters. The van der Waals surface area contributed by atoms with Crippen LogP contribution < -0.4 is 15.0 Å². The molecule has 2 N–H and O–H groups in total. The summed E-state index contributed by atoms with van der Waals surface area (Å²) in [5.41, 5.74) is -0.304. The summed E-state index contributed by atoms with van der Waals surface area (Å²) in [7, 11) is 0. The number of nitrogens with one attached hydrogen (secondary N) is 1. The number of pyridine rings is 1. The summed E-state index contributed by atoms with van der Waals surface area (Å²) < 4.78 is 32.2. The molecule has 3 rings (SSSR count). The lowest BCUT2D eigenvalue weighted by atomic mass is 9.86. The predicted molar refractivity (Wildman–Crippen MR) is 98.0 cm³/mol. The Morgan fingerprint density at radius 2 is 2.00 bits per heavy atom. The Hall–Kier alpha value is -2.45. The number of aromatic nitrogens is 1. The van der Waals surface area contributed by atoms with E-state index in [0.29, 0.717) is 18.2 Å². The molecule has 2 aliphatic rings. The lowest BCUT2D eigenvalue weighted by molar-refractivity contribution is -0.142. The summed E-state index contributed by atoms with van der Waals surface area (Å²) in [5.74, 6) is -4.00. The van der Waals surface area contributed by atoms with E-state index in [0.717, 1.165) is 12.8 Å². The summed E-state index contributed by atoms with van der Waals surface area (Å²) in [6, 6.07) is 1.81. The van der Waals surface area contributed by atoms with Gasteiger partial charge in [-0.15, -0.1) is 0 Å². The van der Waals surface area contributed by atoms with Gasteiger partial charge in [-0.05, 0) is 36.3 Å². The van der Waals surface area contributed by atoms with Crippen molar-refractivity contribution in [1.82, 2.24) is 10.3 Å². The molecule has 0 radical (unpaired) electrons. The van der Waals surface area contributed by atoms with E-state index < -0.39 is 42.3 Å². The van der Waals surface area contributed by atoms with Crippen LogP contribution in [0.3, 0.4) is 0 Å². The van der Waals surface area contributed by atoms with Gasteiger partial charge < -0.3 is 20.1 Å². The molecule has 1 saturated heterocycles. The number of ether oxygens (including phenoxy) is 1. The molecule has 1 aliphatic carbocycles. The van der Waals surface area contributed by atoms with Gasteiger partial charge in [0.15, 0.2) is 0 Å². The molecular weight excluding hydrogens is 372 g/mol. The number of carbonyl (C=O) groups is 2. The first-order valence-electron chi connectivity index (χ1n) is 9.26. The van der Waals surface area contributed by atoms with Crippen molar-refractivity contribution >= 4 is 17.6 Å². The minimum atomic E-state index is -2.74. The lowest BCUT2D eigenvalue weighted by Crippen LogP contribution is -2.56. The van der Waals surface area contributed by atoms with Crippen molar-refractivity contribution in [3.05, 3.63) is 17.8 Å². The van der Waals surface area contributed by atoms with Gasteiger partial charge in [0.1, 0.15) is 17.4 Å². The molecule has 0 aromatic carbocycles. The van der Waals surface area contributed by atoms with Crippen LogP contribution in [0.15, 0.2) is 12.1 Å². The van der Waals surface area contributed by atoms with E-state index in [1.807, 2.05) is 0 Å². The fourth-order valence-corrected chi connectivity index (χ4v) is 2.92. The quantitative estimate of drug-likeness (QED) is 0.735. The van der Waals surface area contributed by atoms with Crippen molar-refractivity contribution in [1.29, 1.82) is 0 Å². The zero-order valence-corrected chi connectivity index (χ0v) is 16.2. The number of alkyl halides is 2. The smallest absolute Gasteiger partial charge is 0.326 e. The van der Waals surface area contributed by atoms with Crippen LogP contribution in [-0.2, 0) is 4.79 Å². The third kappa shape index (κ3) is 4.69. The number of hydrogen-bond donors (Lipinski definition) is 2. The third-order valence-electron chi connectivity index (χ3n) is 4.80. The van der Waals surface area contributed by atoms with E-state index in [-0.39, 0.29) is 11.6 Å². The standard InChI is InChI=1S/C19H25F2N3O4/c1-18(2,3)14(17(26)27)23-15(25)12-6-7-13(24-9-19(20,21)10-24)16(22-12)28-8-11-4-5-11/h6-7,11,14H,4-5,8-10H2,1-3H3,(H,23,25)(H,26,27)/t14-/m1/s1. The van der Waals surface area contributed by atoms with Crippen LogP contribution in [0, 0.1) is 11.3 Å². The monoisotopic (exact) mass is 397 g/mol. The zero-order valence-electron chi connectivity index (χ0n) is 16.2. The molecule has 1 saturated carbocycles. The van der Waals surface area contributed by atoms with Gasteiger partial charge in [-0.1, -0.05) is 20.8 Å². The SMILES string of the molecule is CC(C)(C)[C@H](NC(=O)c1ccc(N2CC(F)(F)C2)c(OCC2CC2)n1)C(=O)O. The van der Waals surface area contributed by atoms with Crippen molar-refractivity contribution in [3.63, 3.8) is 0 Å². The molecule has 154 valence electrons. The van der Waals surface area contributed by atoms with Crippen molar-refractivity contribution in [3.8, 4) is 5.88 Å². The van der Waals surface area contributed by atoms with Gasteiger partial charge in [-0.2, -0.15) is 0 Å². The van der Waals surface area contributed by atoms with E-state index in [2.05, 4.69) is 10.3 Å². The fourth-order valence-electron chi connectivity index (χ4n) is 2.92. The highest BCUT2D eigenvalue weighted by Crippen LogP contribution is 2.38. The Balaban J connectivity index is 1.79. The Morgan fingerprint density at radius 1 is 1.36 bits per heavy atom. The maximum atomic E-state index is 13.2. The highest BCUT2D eigenvalue weighted by molar-refractivity contribution is 5.95. The van der Waals surface area contributed by atoms with E-state index in [1.165, 1.54) is 17.0 Å². The van der Waals surface area contributed by atoms with Crippen molar-refractivity contribution in [2.75, 3.05) is 24.6 Å². The summed E-state index contributed by atoms with van der Waals surface area (Å²) in [6.45, 7) is 4.68. The number of aliphatic carboxylic acids is 1. The number of amides is 1. The van der Waals surface area contributed by atoms with E-state index in [1.54, 1.807) is 20.8 Å². The maximum absolute atomic E-state index is 13.2. The zero-order chi connectivity index (χ0) is 20.7. The van der Waals surface area contributed by atoms with Crippen molar-refractivity contribution in [2.45, 2.75) is 45.6 Å². The summed E-state index contributed by atoms with van der Waals surface area (Å²) >= 11 is 0. The third-order valence-corrected chi connectivity index (χ3v) is 4.80. The second-order valence-electron chi connectivity index (χ2n) is 8.60. The number of hydrogen-bond acceptors (Lipinski definition) is 5. The number of carboxylic acids is 1. The molecule has 1 aliphatic heterocycles. The molecule has 1 atom stereocenters. The fraction of sp³-hybridized carbons (Fsp3) is 0.632. The van der Waals surface area contributed by atoms with Gasteiger partial charge in [0.05, 0.1) is 19.7 Å². The van der Waals surface area contributed by atoms with Crippen LogP contribution in [0.5, 0.6) is 5.88 Å². The molecule has 1 aromatic heterocycles. The molecule has 1 aromatic rings. The van der Waals surface area contributed by atoms with E-state index in [4.69, 9.17) is 4.74 Å². The second-order valence-corrected chi connectivity index (χ2v) is 8.60. The summed E-state index contributed by atoms with van der Waals surface area (Å²) in [6.07, 6.45) is 2.09. The van der Waals surface area contributed by atoms with Crippen LogP contribution in [0.4, 0.5) is 14.5 Å². The Kier molecular flexibility index (Phi) is 5.20. The first-order chi connectivity index (χ1) is 13.0. The molecule has 0 bridgehead atoms. The van der Waals surface area contributed by atoms with E-state index in [9.17, 15) is 23.5 Å². The number of rotatable bonds is 7. The molecule has 28 heavy (non-hydrogen) atoms. The van der Waals surface area contributed by atoms with Crippen LogP contribution >= 0.6 is 0 Å². The summed E-state index contributed by atoms with van der Waals surface area (Å²) in [4.78, 5) is 29.7. The minimum absolute atomic E-state index is 0.0164. The Morgan fingerprint density at radius 3 is 2.50 bits per heavy atom. The highest BCUT2D eigenvalue weighted by Gasteiger charge is 2.45. The molecule has 2 fully saturated rings. The number of halogens is 2. The van der Waals surface area contributed by atoms with Crippen LogP contribution in [0.2, 0.25) is 0 Å². The van der Waals surface area contributed by atoms with E-state index >= 15 is 0 Å². The largest absolute Gasteiger partial charge is 0.480 e. The van der Waals surface area contributed by atoms with Crippen molar-refractivity contribution < 1.29 is 28.2 Å². The lowest BCUT2D eigenvalue weighted by Gasteiger charge is -2.40. The van der Waals surface area contributed by atoms with Gasteiger partial charge >= 0.3 is 5.97 Å². The topological polar surface area (TPSA) is 91.8 Å². The molecule has 0 spiro atoms. The minimum Gasteiger partial charge on any atom is -0.480 e. The normalized spacial score (nSPS) is 19.5. The number of carboxylic acid groups (broad SMARTS) is 1. The molecule has 1 amide bonds. The predicted octanol–water partition coefficient (Wildman–Crippen LogP) is 2.55. The van der Waals surface area contributed by atoms with Gasteiger partial charge in [0.2, 0.25) is 5.88 Å². The van der Waals surface area contributed by atoms with Crippen molar-refractivity contribution in [2.24, 2.45) is 11.3 Å². The maximum Gasteiger partial charge on any atom is 0.326 e. The molecular formula is C19H25F2N3O4. The number of nitrogens with zero attached hydrogens (tertiary/aromatic N) is 2. The van der Waals surface area contributed by atoms with Gasteiger partial charge in [0, 0.05) is 0 Å². The van der Waals surface area contributed by atoms with Gasteiger partial charge in [-0.25, -0.2) is 18.6 Å². The highest BCUT2D eigenvalue weighted by atomic mass is 19.3.